The van der Waals surface area contributed by atoms with Crippen LogP contribution in [0.3, 0.4) is 0 Å². The quantitative estimate of drug-likeness (QED) is 0.596. The predicted molar refractivity (Wildman–Crippen MR) is 129 cm³/mol. The summed E-state index contributed by atoms with van der Waals surface area (Å²) in [5, 5.41) is 2.93. The van der Waals surface area contributed by atoms with E-state index in [9.17, 15) is 13.2 Å². The van der Waals surface area contributed by atoms with Crippen molar-refractivity contribution in [3.8, 4) is 11.1 Å². The second kappa shape index (κ2) is 9.64. The van der Waals surface area contributed by atoms with Crippen LogP contribution < -0.4 is 10.0 Å². The molecule has 7 nitrogen and oxygen atoms in total. The van der Waals surface area contributed by atoms with Gasteiger partial charge in [-0.3, -0.25) is 0 Å². The van der Waals surface area contributed by atoms with Crippen LogP contribution in [-0.4, -0.2) is 64.0 Å². The standard InChI is InChI=1S/C25H32FN3O4S/c1-17(15-33-2)27-24(30)29-16-25(12-13-25)23(28-34(3,31)32)21(29)14-19-10-7-11-20(22(19)26)18-8-5-4-6-9-18/h4-11,17,21,23,28H,12-16H2,1-3H3,(H,27,30)/t17-,21+,23-/m1/s1. The zero-order chi connectivity index (χ0) is 24.5. The van der Waals surface area contributed by atoms with Gasteiger partial charge >= 0.3 is 6.03 Å². The van der Waals surface area contributed by atoms with Crippen LogP contribution in [0.1, 0.15) is 25.3 Å². The molecule has 1 saturated carbocycles. The van der Waals surface area contributed by atoms with Gasteiger partial charge in [-0.25, -0.2) is 22.3 Å². The first-order valence-corrected chi connectivity index (χ1v) is 13.4. The van der Waals surface area contributed by atoms with Crippen LogP contribution in [0.5, 0.6) is 0 Å². The van der Waals surface area contributed by atoms with Gasteiger partial charge in [-0.05, 0) is 37.3 Å². The van der Waals surface area contributed by atoms with Crippen LogP contribution in [0.2, 0.25) is 0 Å². The summed E-state index contributed by atoms with van der Waals surface area (Å²) in [6.07, 6.45) is 2.97. The molecule has 1 aliphatic carbocycles. The lowest BCUT2D eigenvalue weighted by Gasteiger charge is -2.30. The maximum atomic E-state index is 15.6. The van der Waals surface area contributed by atoms with E-state index >= 15 is 4.39 Å². The number of ether oxygens (including phenoxy) is 1. The van der Waals surface area contributed by atoms with Crippen molar-refractivity contribution in [3.63, 3.8) is 0 Å². The number of nitrogens with one attached hydrogen (secondary N) is 2. The van der Waals surface area contributed by atoms with Crippen LogP contribution in [0, 0.1) is 11.2 Å². The number of urea groups is 1. The van der Waals surface area contributed by atoms with E-state index in [0.717, 1.165) is 24.7 Å². The molecule has 1 aliphatic heterocycles. The highest BCUT2D eigenvalue weighted by atomic mass is 32.2. The van der Waals surface area contributed by atoms with Gasteiger partial charge in [-0.2, -0.15) is 0 Å². The average molecular weight is 490 g/mol. The Bertz CT molecular complexity index is 1140. The summed E-state index contributed by atoms with van der Waals surface area (Å²) in [5.41, 5.74) is 1.38. The van der Waals surface area contributed by atoms with E-state index in [1.807, 2.05) is 37.3 Å². The van der Waals surface area contributed by atoms with Gasteiger partial charge in [0.05, 0.1) is 24.9 Å². The fourth-order valence-corrected chi connectivity index (χ4v) is 5.91. The number of rotatable bonds is 8. The number of amides is 2. The SMILES string of the molecule is COC[C@@H](C)NC(=O)N1CC2(CC2)[C@H](NS(C)(=O)=O)[C@@H]1Cc1cccc(-c2ccccc2)c1F. The molecule has 1 saturated heterocycles. The minimum Gasteiger partial charge on any atom is -0.383 e. The smallest absolute Gasteiger partial charge is 0.318 e. The van der Waals surface area contributed by atoms with Gasteiger partial charge < -0.3 is 15.0 Å². The van der Waals surface area contributed by atoms with E-state index in [1.54, 1.807) is 30.2 Å². The number of hydrogen-bond acceptors (Lipinski definition) is 4. The summed E-state index contributed by atoms with van der Waals surface area (Å²) in [7, 11) is -1.96. The van der Waals surface area contributed by atoms with Crippen molar-refractivity contribution in [2.75, 3.05) is 26.5 Å². The van der Waals surface area contributed by atoms with Crippen LogP contribution in [0.25, 0.3) is 11.1 Å². The molecule has 0 radical (unpaired) electrons. The fraction of sp³-hybridized carbons (Fsp3) is 0.480. The van der Waals surface area contributed by atoms with Gasteiger partial charge in [0.2, 0.25) is 10.0 Å². The van der Waals surface area contributed by atoms with Crippen molar-refractivity contribution in [1.29, 1.82) is 0 Å². The Morgan fingerprint density at radius 2 is 1.91 bits per heavy atom. The summed E-state index contributed by atoms with van der Waals surface area (Å²) in [5.74, 6) is -0.350. The molecule has 1 spiro atoms. The molecule has 2 N–H and O–H groups in total. The molecule has 1 heterocycles. The van der Waals surface area contributed by atoms with Crippen molar-refractivity contribution in [3.05, 3.63) is 59.9 Å². The third-order valence-electron chi connectivity index (χ3n) is 6.80. The summed E-state index contributed by atoms with van der Waals surface area (Å²) in [4.78, 5) is 14.9. The topological polar surface area (TPSA) is 87.7 Å². The Balaban J connectivity index is 1.67. The molecule has 4 rings (SSSR count). The normalized spacial score (nSPS) is 22.1. The van der Waals surface area contributed by atoms with Crippen molar-refractivity contribution in [1.82, 2.24) is 14.9 Å². The second-order valence-corrected chi connectivity index (χ2v) is 11.4. The monoisotopic (exact) mass is 489 g/mol. The highest BCUT2D eigenvalue weighted by Crippen LogP contribution is 2.55. The Labute approximate surface area is 200 Å². The minimum atomic E-state index is -3.53. The maximum Gasteiger partial charge on any atom is 0.318 e. The summed E-state index contributed by atoms with van der Waals surface area (Å²) in [6.45, 7) is 2.62. The number of methoxy groups -OCH3 is 1. The first kappa shape index (κ1) is 24.6. The van der Waals surface area contributed by atoms with E-state index in [4.69, 9.17) is 4.74 Å². The highest BCUT2D eigenvalue weighted by molar-refractivity contribution is 7.88. The van der Waals surface area contributed by atoms with Gasteiger partial charge in [-0.15, -0.1) is 0 Å². The lowest BCUT2D eigenvalue weighted by Crippen LogP contribution is -2.52. The van der Waals surface area contributed by atoms with Crippen LogP contribution >= 0.6 is 0 Å². The average Bonchev–Trinajstić information content (AvgIpc) is 3.50. The zero-order valence-electron chi connectivity index (χ0n) is 19.8. The molecule has 2 aromatic carbocycles. The van der Waals surface area contributed by atoms with Gasteiger partial charge in [0.25, 0.3) is 0 Å². The Kier molecular flexibility index (Phi) is 6.98. The lowest BCUT2D eigenvalue weighted by atomic mass is 9.91. The second-order valence-electron chi connectivity index (χ2n) is 9.58. The van der Waals surface area contributed by atoms with Gasteiger partial charge in [0.1, 0.15) is 5.82 Å². The number of hydrogen-bond donors (Lipinski definition) is 2. The first-order valence-electron chi connectivity index (χ1n) is 11.5. The maximum absolute atomic E-state index is 15.6. The molecule has 3 atom stereocenters. The molecule has 2 aliphatic rings. The highest BCUT2D eigenvalue weighted by Gasteiger charge is 2.61. The molecule has 0 unspecified atom stereocenters. The Hall–Kier alpha value is -2.49. The van der Waals surface area contributed by atoms with Gasteiger partial charge in [0.15, 0.2) is 0 Å². The molecule has 34 heavy (non-hydrogen) atoms. The van der Waals surface area contributed by atoms with Crippen molar-refractivity contribution in [2.24, 2.45) is 5.41 Å². The molecule has 2 amide bonds. The van der Waals surface area contributed by atoms with E-state index in [0.29, 0.717) is 24.3 Å². The number of halogens is 1. The summed E-state index contributed by atoms with van der Waals surface area (Å²) in [6, 6.07) is 13.0. The van der Waals surface area contributed by atoms with Crippen LogP contribution in [0.4, 0.5) is 9.18 Å². The summed E-state index contributed by atoms with van der Waals surface area (Å²) < 4.78 is 48.0. The van der Waals surface area contributed by atoms with E-state index < -0.39 is 22.1 Å². The fourth-order valence-electron chi connectivity index (χ4n) is 5.05. The minimum absolute atomic E-state index is 0.202. The Morgan fingerprint density at radius 3 is 2.53 bits per heavy atom. The van der Waals surface area contributed by atoms with Gasteiger partial charge in [-0.1, -0.05) is 48.5 Å². The number of nitrogens with zero attached hydrogens (tertiary/aromatic N) is 1. The van der Waals surface area contributed by atoms with Crippen molar-refractivity contribution in [2.45, 2.75) is 44.3 Å². The van der Waals surface area contributed by atoms with Crippen molar-refractivity contribution < 1.29 is 22.3 Å². The van der Waals surface area contributed by atoms with E-state index in [1.165, 1.54) is 0 Å². The van der Waals surface area contributed by atoms with E-state index in [-0.39, 0.29) is 29.7 Å². The molecule has 2 fully saturated rings. The van der Waals surface area contributed by atoms with Crippen LogP contribution in [-0.2, 0) is 21.2 Å². The zero-order valence-corrected chi connectivity index (χ0v) is 20.6. The number of likely N-dealkylation sites (tertiary alicyclic amines) is 1. The lowest BCUT2D eigenvalue weighted by molar-refractivity contribution is 0.155. The predicted octanol–water partition coefficient (Wildman–Crippen LogP) is 3.16. The van der Waals surface area contributed by atoms with Crippen LogP contribution in [0.15, 0.2) is 48.5 Å². The number of sulfonamides is 1. The molecular formula is C25H32FN3O4S. The number of carbonyl (C=O) groups is 1. The molecule has 9 heteroatoms. The molecule has 0 bridgehead atoms. The Morgan fingerprint density at radius 1 is 1.21 bits per heavy atom. The largest absolute Gasteiger partial charge is 0.383 e. The van der Waals surface area contributed by atoms with E-state index in [2.05, 4.69) is 10.0 Å². The van der Waals surface area contributed by atoms with Gasteiger partial charge in [0, 0.05) is 30.7 Å². The molecule has 184 valence electrons. The summed E-state index contributed by atoms with van der Waals surface area (Å²) >= 11 is 0. The third-order valence-corrected chi connectivity index (χ3v) is 7.49. The third kappa shape index (κ3) is 5.26. The first-order chi connectivity index (χ1) is 16.1. The van der Waals surface area contributed by atoms with Crippen molar-refractivity contribution >= 4 is 16.1 Å². The number of benzene rings is 2. The molecule has 2 aromatic rings. The molecular weight excluding hydrogens is 457 g/mol. The molecule has 0 aromatic heterocycles. The number of carbonyl (C=O) groups excluding carboxylic acids is 1.